The first-order valence-electron chi connectivity index (χ1n) is 8.14. The molecule has 1 N–H and O–H groups in total. The topological polar surface area (TPSA) is 28.3 Å². The summed E-state index contributed by atoms with van der Waals surface area (Å²) in [6.07, 6.45) is 4.33. The highest BCUT2D eigenvalue weighted by Gasteiger charge is 2.10. The number of benzene rings is 2. The largest absolute Gasteiger partial charge is 0.488 e. The fourth-order valence-electron chi connectivity index (χ4n) is 2.86. The van der Waals surface area contributed by atoms with E-state index in [2.05, 4.69) is 54.4 Å². The van der Waals surface area contributed by atoms with E-state index in [0.29, 0.717) is 6.61 Å². The number of ether oxygens (including phenoxy) is 1. The molecule has 3 aromatic rings. The summed E-state index contributed by atoms with van der Waals surface area (Å²) in [4.78, 5) is 5.60. The maximum Gasteiger partial charge on any atom is 0.129 e. The Balaban J connectivity index is 1.78. The first kappa shape index (κ1) is 15.6. The number of nitrogens with zero attached hydrogens (tertiary/aromatic N) is 1. The van der Waals surface area contributed by atoms with Crippen LogP contribution in [0, 0.1) is 0 Å². The average molecular weight is 308 g/mol. The number of aryl methyl sites for hydroxylation is 1. The van der Waals surface area contributed by atoms with Gasteiger partial charge in [-0.25, -0.2) is 0 Å². The van der Waals surface area contributed by atoms with E-state index in [1.807, 2.05) is 24.3 Å². The number of hydrogen-bond acceptors (Lipinski definition) is 2. The van der Waals surface area contributed by atoms with Crippen molar-refractivity contribution in [1.29, 1.82) is 0 Å². The van der Waals surface area contributed by atoms with Gasteiger partial charge in [0.1, 0.15) is 12.4 Å². The van der Waals surface area contributed by atoms with Gasteiger partial charge in [-0.05, 0) is 56.7 Å². The van der Waals surface area contributed by atoms with E-state index in [1.54, 1.807) is 0 Å². The van der Waals surface area contributed by atoms with Gasteiger partial charge in [0.2, 0.25) is 0 Å². The number of H-pyrrole nitrogens is 1. The predicted molar refractivity (Wildman–Crippen MR) is 95.9 cm³/mol. The molecule has 0 unspecified atom stereocenters. The third-order valence-corrected chi connectivity index (χ3v) is 4.04. The lowest BCUT2D eigenvalue weighted by Crippen LogP contribution is -2.13. The van der Waals surface area contributed by atoms with Crippen LogP contribution in [0.2, 0.25) is 0 Å². The highest BCUT2D eigenvalue weighted by atomic mass is 16.5. The lowest BCUT2D eigenvalue weighted by Gasteiger charge is -2.11. The highest BCUT2D eigenvalue weighted by Crippen LogP contribution is 2.30. The second kappa shape index (κ2) is 7.34. The molecule has 0 saturated carbocycles. The van der Waals surface area contributed by atoms with Crippen molar-refractivity contribution in [2.75, 3.05) is 20.6 Å². The molecule has 0 radical (unpaired) electrons. The van der Waals surface area contributed by atoms with Gasteiger partial charge >= 0.3 is 0 Å². The van der Waals surface area contributed by atoms with Crippen molar-refractivity contribution in [3.8, 4) is 5.75 Å². The normalized spacial score (nSPS) is 11.3. The lowest BCUT2D eigenvalue weighted by molar-refractivity contribution is 0.310. The molecule has 3 rings (SSSR count). The van der Waals surface area contributed by atoms with Crippen LogP contribution in [0.15, 0.2) is 54.7 Å². The van der Waals surface area contributed by atoms with Crippen molar-refractivity contribution in [2.45, 2.75) is 19.4 Å². The van der Waals surface area contributed by atoms with Crippen LogP contribution in [0.1, 0.15) is 17.5 Å². The van der Waals surface area contributed by atoms with Crippen LogP contribution in [0.25, 0.3) is 10.9 Å². The van der Waals surface area contributed by atoms with E-state index < -0.39 is 0 Å². The number of nitrogens with one attached hydrogen (secondary N) is 1. The van der Waals surface area contributed by atoms with Gasteiger partial charge in [0.25, 0.3) is 0 Å². The van der Waals surface area contributed by atoms with E-state index in [-0.39, 0.29) is 0 Å². The Morgan fingerprint density at radius 2 is 1.83 bits per heavy atom. The number of rotatable bonds is 7. The van der Waals surface area contributed by atoms with Crippen molar-refractivity contribution >= 4 is 10.9 Å². The zero-order valence-electron chi connectivity index (χ0n) is 13.9. The molecule has 2 aromatic carbocycles. The summed E-state index contributed by atoms with van der Waals surface area (Å²) < 4.78 is 6.10. The zero-order chi connectivity index (χ0) is 16.1. The van der Waals surface area contributed by atoms with Gasteiger partial charge in [-0.3, -0.25) is 0 Å². The summed E-state index contributed by atoms with van der Waals surface area (Å²) >= 11 is 0. The molecule has 0 bridgehead atoms. The Kier molecular flexibility index (Phi) is 4.99. The van der Waals surface area contributed by atoms with Crippen molar-refractivity contribution in [3.63, 3.8) is 0 Å². The summed E-state index contributed by atoms with van der Waals surface area (Å²) in [6, 6.07) is 16.5. The highest BCUT2D eigenvalue weighted by molar-refractivity contribution is 5.89. The van der Waals surface area contributed by atoms with Gasteiger partial charge in [-0.2, -0.15) is 0 Å². The number of fused-ring (bicyclic) bond motifs is 1. The van der Waals surface area contributed by atoms with E-state index in [1.165, 1.54) is 16.5 Å². The first-order valence-corrected chi connectivity index (χ1v) is 8.14. The van der Waals surface area contributed by atoms with Crippen molar-refractivity contribution in [2.24, 2.45) is 0 Å². The molecule has 0 atom stereocenters. The van der Waals surface area contributed by atoms with Crippen molar-refractivity contribution in [3.05, 3.63) is 65.9 Å². The van der Waals surface area contributed by atoms with Gasteiger partial charge in [0, 0.05) is 17.1 Å². The molecule has 3 heteroatoms. The summed E-state index contributed by atoms with van der Waals surface area (Å²) in [6.45, 7) is 1.70. The SMILES string of the molecule is CN(C)CCCc1c[nH]c2cccc(OCc3ccccc3)c12. The third-order valence-electron chi connectivity index (χ3n) is 4.04. The van der Waals surface area contributed by atoms with Crippen LogP contribution in [-0.4, -0.2) is 30.5 Å². The van der Waals surface area contributed by atoms with Crippen LogP contribution in [0.4, 0.5) is 0 Å². The minimum atomic E-state index is 0.599. The monoisotopic (exact) mass is 308 g/mol. The minimum absolute atomic E-state index is 0.599. The Bertz CT molecular complexity index is 747. The van der Waals surface area contributed by atoms with E-state index in [4.69, 9.17) is 4.74 Å². The minimum Gasteiger partial charge on any atom is -0.488 e. The van der Waals surface area contributed by atoms with E-state index in [0.717, 1.165) is 30.7 Å². The molecule has 0 spiro atoms. The molecule has 23 heavy (non-hydrogen) atoms. The lowest BCUT2D eigenvalue weighted by atomic mass is 10.1. The predicted octanol–water partition coefficient (Wildman–Crippen LogP) is 4.24. The van der Waals surface area contributed by atoms with Gasteiger partial charge in [0.05, 0.1) is 0 Å². The Labute approximate surface area is 137 Å². The Morgan fingerprint density at radius 3 is 2.61 bits per heavy atom. The molecule has 0 saturated heterocycles. The summed E-state index contributed by atoms with van der Waals surface area (Å²) in [7, 11) is 4.23. The van der Waals surface area contributed by atoms with Crippen molar-refractivity contribution < 1.29 is 4.74 Å². The van der Waals surface area contributed by atoms with Crippen LogP contribution in [-0.2, 0) is 13.0 Å². The second-order valence-corrected chi connectivity index (χ2v) is 6.17. The van der Waals surface area contributed by atoms with Gasteiger partial charge in [0.15, 0.2) is 0 Å². The molecule has 0 fully saturated rings. The number of hydrogen-bond donors (Lipinski definition) is 1. The van der Waals surface area contributed by atoms with E-state index in [9.17, 15) is 0 Å². The molecule has 0 aliphatic rings. The summed E-state index contributed by atoms with van der Waals surface area (Å²) in [5.74, 6) is 0.965. The molecule has 1 aromatic heterocycles. The van der Waals surface area contributed by atoms with Crippen molar-refractivity contribution in [1.82, 2.24) is 9.88 Å². The van der Waals surface area contributed by atoms with Gasteiger partial charge in [-0.1, -0.05) is 36.4 Å². The zero-order valence-corrected chi connectivity index (χ0v) is 13.9. The fraction of sp³-hybridized carbons (Fsp3) is 0.300. The molecule has 1 heterocycles. The smallest absolute Gasteiger partial charge is 0.129 e. The van der Waals surface area contributed by atoms with Crippen LogP contribution in [0.5, 0.6) is 5.75 Å². The molecule has 120 valence electrons. The number of aromatic amines is 1. The second-order valence-electron chi connectivity index (χ2n) is 6.17. The van der Waals surface area contributed by atoms with Gasteiger partial charge < -0.3 is 14.6 Å². The quantitative estimate of drug-likeness (QED) is 0.707. The standard InChI is InChI=1S/C20H24N2O/c1-22(2)13-7-10-17-14-21-18-11-6-12-19(20(17)18)23-15-16-8-4-3-5-9-16/h3-6,8-9,11-12,14,21H,7,10,13,15H2,1-2H3. The van der Waals surface area contributed by atoms with E-state index >= 15 is 0 Å². The molecule has 0 amide bonds. The Morgan fingerprint density at radius 1 is 1.00 bits per heavy atom. The average Bonchev–Trinajstić information content (AvgIpc) is 2.97. The third kappa shape index (κ3) is 3.93. The maximum atomic E-state index is 6.10. The molecule has 3 nitrogen and oxygen atoms in total. The van der Waals surface area contributed by atoms with Crippen LogP contribution < -0.4 is 4.74 Å². The van der Waals surface area contributed by atoms with Crippen LogP contribution in [0.3, 0.4) is 0 Å². The Hall–Kier alpha value is -2.26. The molecular formula is C20H24N2O. The fourth-order valence-corrected chi connectivity index (χ4v) is 2.86. The molecule has 0 aliphatic heterocycles. The molecular weight excluding hydrogens is 284 g/mol. The molecule has 0 aliphatic carbocycles. The number of aromatic nitrogens is 1. The first-order chi connectivity index (χ1) is 11.2. The van der Waals surface area contributed by atoms with Crippen LogP contribution >= 0.6 is 0 Å². The van der Waals surface area contributed by atoms with Gasteiger partial charge in [-0.15, -0.1) is 0 Å². The maximum absolute atomic E-state index is 6.10. The summed E-state index contributed by atoms with van der Waals surface area (Å²) in [5, 5.41) is 1.22. The summed E-state index contributed by atoms with van der Waals surface area (Å²) in [5.41, 5.74) is 3.68.